The summed E-state index contributed by atoms with van der Waals surface area (Å²) in [4.78, 5) is 34.7. The summed E-state index contributed by atoms with van der Waals surface area (Å²) in [6.45, 7) is 9.87. The quantitative estimate of drug-likeness (QED) is 0.278. The molecule has 0 aliphatic carbocycles. The molecule has 0 spiro atoms. The topological polar surface area (TPSA) is 88.1 Å². The minimum Gasteiger partial charge on any atom is -0.459 e. The lowest BCUT2D eigenvalue weighted by Gasteiger charge is -2.10. The summed E-state index contributed by atoms with van der Waals surface area (Å²) in [7, 11) is 0. The normalized spacial score (nSPS) is 10.9. The van der Waals surface area contributed by atoms with Crippen molar-refractivity contribution >= 4 is 17.9 Å². The Morgan fingerprint density at radius 2 is 1.13 bits per heavy atom. The molecule has 0 fully saturated rings. The number of carbonyl (C=O) groups excluding carboxylic acids is 3. The van der Waals surface area contributed by atoms with Crippen LogP contribution in [0.25, 0.3) is 0 Å². The van der Waals surface area contributed by atoms with Gasteiger partial charge in [-0.1, -0.05) is 13.2 Å². The number of ether oxygens (including phenoxy) is 4. The van der Waals surface area contributed by atoms with Gasteiger partial charge in [0.25, 0.3) is 0 Å². The average molecular weight is 408 g/mol. The van der Waals surface area contributed by atoms with Crippen LogP contribution >= 0.6 is 0 Å². The molecule has 0 aliphatic rings. The summed E-state index contributed by atoms with van der Waals surface area (Å²) in [6, 6.07) is 12.2. The highest BCUT2D eigenvalue weighted by Gasteiger charge is 2.11. The minimum absolute atomic E-state index is 0.289. The second-order valence-electron chi connectivity index (χ2n) is 5.85. The van der Waals surface area contributed by atoms with Crippen LogP contribution in [0.5, 0.6) is 17.2 Å². The number of benzene rings is 2. The standard InChI is InChI=1S/C23H20O7/c1-5-21(24)28-16(4)15(3)27-18-9-7-17(8-10-18)23(26)30-20-13-11-19(12-14-20)29-22(25)6-2/h5-14H,1-2H2,3-4H3/b16-15+. The highest BCUT2D eigenvalue weighted by atomic mass is 16.6. The SMILES string of the molecule is C=CC(=O)O/C(C)=C(\C)Oc1ccc(C(=O)Oc2ccc(OC(=O)C=C)cc2)cc1. The van der Waals surface area contributed by atoms with Crippen LogP contribution in [-0.4, -0.2) is 17.9 Å². The van der Waals surface area contributed by atoms with E-state index in [1.165, 1.54) is 36.4 Å². The van der Waals surface area contributed by atoms with Crippen molar-refractivity contribution in [2.24, 2.45) is 0 Å². The summed E-state index contributed by atoms with van der Waals surface area (Å²) in [5.74, 6) is -0.00643. The molecule has 7 heteroatoms. The molecule has 2 aromatic rings. The third kappa shape index (κ3) is 6.49. The lowest BCUT2D eigenvalue weighted by Crippen LogP contribution is -2.08. The maximum atomic E-state index is 12.3. The smallest absolute Gasteiger partial charge is 0.343 e. The molecule has 0 saturated carbocycles. The van der Waals surface area contributed by atoms with E-state index in [9.17, 15) is 14.4 Å². The van der Waals surface area contributed by atoms with Crippen molar-refractivity contribution in [2.75, 3.05) is 0 Å². The number of allylic oxidation sites excluding steroid dienone is 2. The van der Waals surface area contributed by atoms with Crippen molar-refractivity contribution in [3.63, 3.8) is 0 Å². The minimum atomic E-state index is -0.583. The number of hydrogen-bond donors (Lipinski definition) is 0. The molecule has 0 saturated heterocycles. The number of hydrogen-bond acceptors (Lipinski definition) is 7. The van der Waals surface area contributed by atoms with Crippen LogP contribution in [0.2, 0.25) is 0 Å². The van der Waals surface area contributed by atoms with Gasteiger partial charge in [-0.2, -0.15) is 0 Å². The molecule has 2 rings (SSSR count). The van der Waals surface area contributed by atoms with Crippen LogP contribution in [-0.2, 0) is 14.3 Å². The van der Waals surface area contributed by atoms with Crippen molar-refractivity contribution in [3.05, 3.63) is 90.9 Å². The van der Waals surface area contributed by atoms with E-state index >= 15 is 0 Å². The molecule has 30 heavy (non-hydrogen) atoms. The molecule has 0 bridgehead atoms. The van der Waals surface area contributed by atoms with Crippen LogP contribution in [0.15, 0.2) is 85.4 Å². The number of rotatable bonds is 8. The van der Waals surface area contributed by atoms with Gasteiger partial charge in [0.15, 0.2) is 0 Å². The molecule has 0 atom stereocenters. The largest absolute Gasteiger partial charge is 0.459 e. The Morgan fingerprint density at radius 1 is 0.667 bits per heavy atom. The lowest BCUT2D eigenvalue weighted by atomic mass is 10.2. The van der Waals surface area contributed by atoms with Crippen molar-refractivity contribution in [1.29, 1.82) is 0 Å². The molecule has 0 heterocycles. The molecule has 0 aromatic heterocycles. The molecule has 7 nitrogen and oxygen atoms in total. The summed E-state index contributed by atoms with van der Waals surface area (Å²) in [5, 5.41) is 0. The summed E-state index contributed by atoms with van der Waals surface area (Å²) < 4.78 is 20.8. The number of carbonyl (C=O) groups is 3. The molecule has 154 valence electrons. The fourth-order valence-corrected chi connectivity index (χ4v) is 2.07. The van der Waals surface area contributed by atoms with E-state index < -0.39 is 17.9 Å². The van der Waals surface area contributed by atoms with Gasteiger partial charge < -0.3 is 18.9 Å². The van der Waals surface area contributed by atoms with Crippen molar-refractivity contribution in [2.45, 2.75) is 13.8 Å². The zero-order valence-electron chi connectivity index (χ0n) is 16.5. The van der Waals surface area contributed by atoms with E-state index in [0.717, 1.165) is 12.2 Å². The predicted octanol–water partition coefficient (Wildman–Crippen LogP) is 4.36. The van der Waals surface area contributed by atoms with Crippen LogP contribution in [0, 0.1) is 0 Å². The first-order valence-corrected chi connectivity index (χ1v) is 8.78. The summed E-state index contributed by atoms with van der Waals surface area (Å²) in [5.41, 5.74) is 0.306. The highest BCUT2D eigenvalue weighted by Crippen LogP contribution is 2.21. The second kappa shape index (κ2) is 10.4. The Morgan fingerprint density at radius 3 is 1.67 bits per heavy atom. The van der Waals surface area contributed by atoms with E-state index in [2.05, 4.69) is 13.2 Å². The predicted molar refractivity (Wildman–Crippen MR) is 109 cm³/mol. The molecule has 0 radical (unpaired) electrons. The van der Waals surface area contributed by atoms with Crippen LogP contribution in [0.4, 0.5) is 0 Å². The molecular weight excluding hydrogens is 388 g/mol. The zero-order chi connectivity index (χ0) is 22.1. The monoisotopic (exact) mass is 408 g/mol. The van der Waals surface area contributed by atoms with E-state index in [4.69, 9.17) is 18.9 Å². The van der Waals surface area contributed by atoms with Gasteiger partial charge in [0, 0.05) is 12.2 Å². The van der Waals surface area contributed by atoms with Crippen LogP contribution in [0.3, 0.4) is 0 Å². The first-order valence-electron chi connectivity index (χ1n) is 8.78. The third-order valence-electron chi connectivity index (χ3n) is 3.70. The molecule has 0 amide bonds. The number of esters is 3. The van der Waals surface area contributed by atoms with Gasteiger partial charge in [-0.05, 0) is 62.4 Å². The fraction of sp³-hybridized carbons (Fsp3) is 0.0870. The van der Waals surface area contributed by atoms with Crippen molar-refractivity contribution < 1.29 is 33.3 Å². The Labute approximate surface area is 173 Å². The molecular formula is C23H20O7. The maximum absolute atomic E-state index is 12.3. The molecule has 0 unspecified atom stereocenters. The molecule has 2 aromatic carbocycles. The van der Waals surface area contributed by atoms with Gasteiger partial charge in [0.05, 0.1) is 5.56 Å². The third-order valence-corrected chi connectivity index (χ3v) is 3.70. The van der Waals surface area contributed by atoms with E-state index in [0.29, 0.717) is 28.6 Å². The summed E-state index contributed by atoms with van der Waals surface area (Å²) in [6.07, 6.45) is 2.10. The van der Waals surface area contributed by atoms with Gasteiger partial charge in [-0.25, -0.2) is 14.4 Å². The molecule has 0 N–H and O–H groups in total. The van der Waals surface area contributed by atoms with E-state index in [1.54, 1.807) is 26.0 Å². The Bertz CT molecular complexity index is 983. The second-order valence-corrected chi connectivity index (χ2v) is 5.85. The maximum Gasteiger partial charge on any atom is 0.343 e. The van der Waals surface area contributed by atoms with Gasteiger partial charge in [0.2, 0.25) is 0 Å². The lowest BCUT2D eigenvalue weighted by molar-refractivity contribution is -0.134. The fourth-order valence-electron chi connectivity index (χ4n) is 2.07. The van der Waals surface area contributed by atoms with Gasteiger partial charge in [-0.3, -0.25) is 0 Å². The van der Waals surface area contributed by atoms with Crippen molar-refractivity contribution in [1.82, 2.24) is 0 Å². The van der Waals surface area contributed by atoms with Gasteiger partial charge >= 0.3 is 17.9 Å². The summed E-state index contributed by atoms with van der Waals surface area (Å²) >= 11 is 0. The van der Waals surface area contributed by atoms with Gasteiger partial charge in [-0.15, -0.1) is 0 Å². The zero-order valence-corrected chi connectivity index (χ0v) is 16.5. The van der Waals surface area contributed by atoms with E-state index in [-0.39, 0.29) is 5.75 Å². The highest BCUT2D eigenvalue weighted by molar-refractivity contribution is 5.91. The first-order chi connectivity index (χ1) is 14.3. The average Bonchev–Trinajstić information content (AvgIpc) is 2.75. The van der Waals surface area contributed by atoms with Crippen LogP contribution < -0.4 is 14.2 Å². The Balaban J connectivity index is 1.98. The van der Waals surface area contributed by atoms with Gasteiger partial charge in [0.1, 0.15) is 28.8 Å². The molecule has 0 aliphatic heterocycles. The van der Waals surface area contributed by atoms with Crippen molar-refractivity contribution in [3.8, 4) is 17.2 Å². The van der Waals surface area contributed by atoms with E-state index in [1.807, 2.05) is 0 Å². The first kappa shape index (κ1) is 22.2. The Hall–Kier alpha value is -4.13. The Kier molecular flexibility index (Phi) is 7.70. The van der Waals surface area contributed by atoms with Crippen LogP contribution in [0.1, 0.15) is 24.2 Å².